The molecule has 114 valence electrons. The zero-order chi connectivity index (χ0) is 14.1. The molecule has 0 aromatic heterocycles. The van der Waals surface area contributed by atoms with Crippen LogP contribution in [0.25, 0.3) is 0 Å². The molecule has 0 aromatic rings. The van der Waals surface area contributed by atoms with Gasteiger partial charge in [-0.3, -0.25) is 9.69 Å². The van der Waals surface area contributed by atoms with Gasteiger partial charge in [0.2, 0.25) is 5.91 Å². The first kappa shape index (κ1) is 14.3. The van der Waals surface area contributed by atoms with Crippen molar-refractivity contribution in [3.05, 3.63) is 0 Å². The first-order chi connectivity index (χ1) is 9.61. The third-order valence-electron chi connectivity index (χ3n) is 5.79. The summed E-state index contributed by atoms with van der Waals surface area (Å²) in [6, 6.07) is 0.366. The van der Waals surface area contributed by atoms with Crippen LogP contribution in [0.15, 0.2) is 0 Å². The minimum atomic E-state index is 0.227. The van der Waals surface area contributed by atoms with Gasteiger partial charge in [0.1, 0.15) is 0 Å². The summed E-state index contributed by atoms with van der Waals surface area (Å²) in [5.41, 5.74) is 0. The first-order valence-corrected chi connectivity index (χ1v) is 8.32. The Balaban J connectivity index is 1.42. The van der Waals surface area contributed by atoms with Gasteiger partial charge in [0.05, 0.1) is 6.54 Å². The molecule has 2 bridgehead atoms. The Bertz CT molecular complexity index is 352. The molecule has 4 nitrogen and oxygen atoms in total. The van der Waals surface area contributed by atoms with Crippen LogP contribution < -0.4 is 5.32 Å². The van der Waals surface area contributed by atoms with E-state index in [-0.39, 0.29) is 5.91 Å². The van der Waals surface area contributed by atoms with Gasteiger partial charge in [-0.1, -0.05) is 6.42 Å². The number of carbonyl (C=O) groups is 1. The Morgan fingerprint density at radius 3 is 2.55 bits per heavy atom. The number of fused-ring (bicyclic) bond motifs is 2. The average Bonchev–Trinajstić information content (AvgIpc) is 3.03. The van der Waals surface area contributed by atoms with Crippen LogP contribution in [0.1, 0.15) is 32.6 Å². The van der Waals surface area contributed by atoms with E-state index in [1.807, 2.05) is 0 Å². The van der Waals surface area contributed by atoms with Crippen molar-refractivity contribution in [2.45, 2.75) is 38.6 Å². The summed E-state index contributed by atoms with van der Waals surface area (Å²) in [6.07, 6.45) is 5.60. The normalized spacial score (nSPS) is 36.2. The molecule has 1 aliphatic heterocycles. The molecule has 3 aliphatic rings. The highest BCUT2D eigenvalue weighted by molar-refractivity contribution is 5.78. The fraction of sp³-hybridized carbons (Fsp3) is 0.938. The predicted molar refractivity (Wildman–Crippen MR) is 80.5 cm³/mol. The van der Waals surface area contributed by atoms with Gasteiger partial charge in [-0.25, -0.2) is 0 Å². The summed E-state index contributed by atoms with van der Waals surface area (Å²) < 4.78 is 0. The lowest BCUT2D eigenvalue weighted by Gasteiger charge is -2.33. The van der Waals surface area contributed by atoms with E-state index < -0.39 is 0 Å². The van der Waals surface area contributed by atoms with Gasteiger partial charge in [0.15, 0.2) is 0 Å². The Hall–Kier alpha value is -0.610. The van der Waals surface area contributed by atoms with Gasteiger partial charge < -0.3 is 10.2 Å². The predicted octanol–water partition coefficient (Wildman–Crippen LogP) is 1.17. The van der Waals surface area contributed by atoms with Gasteiger partial charge in [0, 0.05) is 32.2 Å². The highest BCUT2D eigenvalue weighted by Crippen LogP contribution is 2.49. The molecule has 2 saturated carbocycles. The minimum Gasteiger partial charge on any atom is -0.352 e. The van der Waals surface area contributed by atoms with Gasteiger partial charge in [0.25, 0.3) is 0 Å². The third kappa shape index (κ3) is 3.17. The Morgan fingerprint density at radius 1 is 1.20 bits per heavy atom. The maximum Gasteiger partial charge on any atom is 0.234 e. The molecule has 1 heterocycles. The molecule has 3 rings (SSSR count). The first-order valence-electron chi connectivity index (χ1n) is 8.32. The second kappa shape index (κ2) is 6.02. The molecular weight excluding hydrogens is 250 g/mol. The molecule has 1 amide bonds. The van der Waals surface area contributed by atoms with Gasteiger partial charge in [-0.15, -0.1) is 0 Å². The van der Waals surface area contributed by atoms with Crippen molar-refractivity contribution in [1.82, 2.24) is 15.1 Å². The second-order valence-electron chi connectivity index (χ2n) is 7.27. The Morgan fingerprint density at radius 2 is 1.95 bits per heavy atom. The zero-order valence-corrected chi connectivity index (χ0v) is 13.0. The van der Waals surface area contributed by atoms with Crippen molar-refractivity contribution >= 4 is 5.91 Å². The molecular formula is C16H29N3O. The minimum absolute atomic E-state index is 0.227. The van der Waals surface area contributed by atoms with Crippen molar-refractivity contribution in [2.24, 2.45) is 17.8 Å². The van der Waals surface area contributed by atoms with E-state index in [9.17, 15) is 4.79 Å². The van der Waals surface area contributed by atoms with Gasteiger partial charge >= 0.3 is 0 Å². The monoisotopic (exact) mass is 279 g/mol. The van der Waals surface area contributed by atoms with Crippen molar-refractivity contribution in [1.29, 1.82) is 0 Å². The standard InChI is InChI=1S/C16H29N3O/c1-12(15-10-13-3-4-14(15)9-13)17-16(20)11-19-7-5-18(2)6-8-19/h12-15H,3-11H2,1-2H3,(H,17,20). The molecule has 0 spiro atoms. The van der Waals surface area contributed by atoms with Crippen LogP contribution >= 0.6 is 0 Å². The summed E-state index contributed by atoms with van der Waals surface area (Å²) in [7, 11) is 2.15. The number of amides is 1. The molecule has 4 unspecified atom stereocenters. The third-order valence-corrected chi connectivity index (χ3v) is 5.79. The fourth-order valence-corrected chi connectivity index (χ4v) is 4.52. The number of nitrogens with zero attached hydrogens (tertiary/aromatic N) is 2. The Kier molecular flexibility index (Phi) is 4.32. The highest BCUT2D eigenvalue weighted by Gasteiger charge is 2.42. The molecule has 1 N–H and O–H groups in total. The van der Waals surface area contributed by atoms with Crippen LogP contribution in [-0.4, -0.2) is 61.5 Å². The van der Waals surface area contributed by atoms with Crippen LogP contribution in [0, 0.1) is 17.8 Å². The molecule has 2 aliphatic carbocycles. The lowest BCUT2D eigenvalue weighted by atomic mass is 9.84. The Labute approximate surface area is 122 Å². The van der Waals surface area contributed by atoms with Crippen LogP contribution in [-0.2, 0) is 4.79 Å². The van der Waals surface area contributed by atoms with Gasteiger partial charge in [-0.05, 0) is 51.0 Å². The second-order valence-corrected chi connectivity index (χ2v) is 7.27. The van der Waals surface area contributed by atoms with E-state index in [1.165, 1.54) is 25.7 Å². The van der Waals surface area contributed by atoms with Crippen LogP contribution in [0.4, 0.5) is 0 Å². The lowest BCUT2D eigenvalue weighted by Crippen LogP contribution is -2.50. The number of carbonyl (C=O) groups excluding carboxylic acids is 1. The molecule has 4 heteroatoms. The average molecular weight is 279 g/mol. The van der Waals surface area contributed by atoms with Crippen LogP contribution in [0.5, 0.6) is 0 Å². The maximum absolute atomic E-state index is 12.2. The fourth-order valence-electron chi connectivity index (χ4n) is 4.52. The number of likely N-dealkylation sites (N-methyl/N-ethyl adjacent to an activating group) is 1. The number of rotatable bonds is 4. The van der Waals surface area contributed by atoms with Gasteiger partial charge in [-0.2, -0.15) is 0 Å². The SMILES string of the molecule is CC(NC(=O)CN1CCN(C)CC1)C1CC2CCC1C2. The zero-order valence-electron chi connectivity index (χ0n) is 13.0. The van der Waals surface area contributed by atoms with Crippen molar-refractivity contribution < 1.29 is 4.79 Å². The lowest BCUT2D eigenvalue weighted by molar-refractivity contribution is -0.123. The maximum atomic E-state index is 12.2. The number of nitrogens with one attached hydrogen (secondary N) is 1. The topological polar surface area (TPSA) is 35.6 Å². The van der Waals surface area contributed by atoms with Crippen molar-refractivity contribution in [3.8, 4) is 0 Å². The summed E-state index contributed by atoms with van der Waals surface area (Å²) in [5.74, 6) is 2.82. The summed E-state index contributed by atoms with van der Waals surface area (Å²) in [4.78, 5) is 16.8. The molecule has 0 radical (unpaired) electrons. The van der Waals surface area contributed by atoms with Crippen LogP contribution in [0.2, 0.25) is 0 Å². The van der Waals surface area contributed by atoms with E-state index in [4.69, 9.17) is 0 Å². The highest BCUT2D eigenvalue weighted by atomic mass is 16.2. The summed E-state index contributed by atoms with van der Waals surface area (Å²) >= 11 is 0. The van der Waals surface area contributed by atoms with E-state index >= 15 is 0 Å². The largest absolute Gasteiger partial charge is 0.352 e. The van der Waals surface area contributed by atoms with Crippen LogP contribution in [0.3, 0.4) is 0 Å². The molecule has 4 atom stereocenters. The summed E-state index contributed by atoms with van der Waals surface area (Å²) in [6.45, 7) is 7.00. The number of piperazine rings is 1. The van der Waals surface area contributed by atoms with E-state index in [2.05, 4.69) is 29.1 Å². The molecule has 20 heavy (non-hydrogen) atoms. The summed E-state index contributed by atoms with van der Waals surface area (Å²) in [5, 5.41) is 3.27. The number of hydrogen-bond donors (Lipinski definition) is 1. The molecule has 3 fully saturated rings. The van der Waals surface area contributed by atoms with E-state index in [1.54, 1.807) is 0 Å². The smallest absolute Gasteiger partial charge is 0.234 e. The molecule has 1 saturated heterocycles. The van der Waals surface area contributed by atoms with Crippen molar-refractivity contribution in [3.63, 3.8) is 0 Å². The molecule has 0 aromatic carbocycles. The van der Waals surface area contributed by atoms with E-state index in [0.29, 0.717) is 12.6 Å². The number of hydrogen-bond acceptors (Lipinski definition) is 3. The van der Waals surface area contributed by atoms with Crippen molar-refractivity contribution in [2.75, 3.05) is 39.8 Å². The quantitative estimate of drug-likeness (QED) is 0.839. The van der Waals surface area contributed by atoms with E-state index in [0.717, 1.165) is 43.9 Å².